The molecule has 2 rings (SSSR count). The second-order valence-electron chi connectivity index (χ2n) is 4.83. The van der Waals surface area contributed by atoms with Gasteiger partial charge in [0, 0.05) is 6.04 Å². The summed E-state index contributed by atoms with van der Waals surface area (Å²) in [6.45, 7) is 0.759. The quantitative estimate of drug-likeness (QED) is 0.840. The maximum absolute atomic E-state index is 10.8. The Balaban J connectivity index is 2.07. The zero-order chi connectivity index (χ0) is 13.0. The molecular weight excluding hydrogens is 230 g/mol. The maximum atomic E-state index is 10.8. The summed E-state index contributed by atoms with van der Waals surface area (Å²) < 4.78 is 0. The Morgan fingerprint density at radius 3 is 2.72 bits per heavy atom. The van der Waals surface area contributed by atoms with E-state index in [0.29, 0.717) is 6.42 Å². The molecule has 1 saturated heterocycles. The lowest BCUT2D eigenvalue weighted by molar-refractivity contribution is -0.140. The Hall–Kier alpha value is -1.39. The van der Waals surface area contributed by atoms with E-state index in [1.165, 1.54) is 0 Å². The van der Waals surface area contributed by atoms with Gasteiger partial charge in [-0.25, -0.2) is 0 Å². The molecule has 4 heteroatoms. The van der Waals surface area contributed by atoms with Gasteiger partial charge in [-0.05, 0) is 31.4 Å². The fourth-order valence-corrected chi connectivity index (χ4v) is 2.60. The molecule has 0 unspecified atom stereocenters. The van der Waals surface area contributed by atoms with Crippen LogP contribution in [-0.2, 0) is 11.2 Å². The highest BCUT2D eigenvalue weighted by Gasteiger charge is 2.31. The minimum atomic E-state index is -0.831. The Labute approximate surface area is 107 Å². The van der Waals surface area contributed by atoms with Gasteiger partial charge in [-0.15, -0.1) is 0 Å². The lowest BCUT2D eigenvalue weighted by Crippen LogP contribution is -2.51. The number of piperidine rings is 1. The summed E-state index contributed by atoms with van der Waals surface area (Å²) in [6, 6.07) is 9.83. The molecule has 1 aromatic rings. The summed E-state index contributed by atoms with van der Waals surface area (Å²) in [4.78, 5) is 12.7. The largest absolute Gasteiger partial charge is 0.480 e. The van der Waals surface area contributed by atoms with Crippen molar-refractivity contribution in [3.8, 4) is 0 Å². The third-order valence-corrected chi connectivity index (χ3v) is 3.48. The monoisotopic (exact) mass is 249 g/mol. The summed E-state index contributed by atoms with van der Waals surface area (Å²) in [5, 5.41) is 19.0. The second kappa shape index (κ2) is 5.98. The number of aliphatic hydroxyl groups is 1. The summed E-state index contributed by atoms with van der Waals surface area (Å²) in [6.07, 6.45) is 1.89. The molecule has 1 fully saturated rings. The Morgan fingerprint density at radius 2 is 2.06 bits per heavy atom. The van der Waals surface area contributed by atoms with Crippen LogP contribution in [0, 0.1) is 0 Å². The first-order valence-electron chi connectivity index (χ1n) is 6.34. The van der Waals surface area contributed by atoms with Crippen molar-refractivity contribution in [2.75, 3.05) is 13.1 Å². The number of rotatable bonds is 4. The normalized spacial score (nSPS) is 24.9. The molecule has 0 spiro atoms. The van der Waals surface area contributed by atoms with Crippen molar-refractivity contribution in [3.63, 3.8) is 0 Å². The number of benzene rings is 1. The number of hydrogen-bond acceptors (Lipinski definition) is 3. The van der Waals surface area contributed by atoms with Gasteiger partial charge in [0.25, 0.3) is 0 Å². The number of hydrogen-bond donors (Lipinski definition) is 2. The van der Waals surface area contributed by atoms with Crippen molar-refractivity contribution in [2.24, 2.45) is 0 Å². The van der Waals surface area contributed by atoms with Crippen LogP contribution < -0.4 is 0 Å². The molecule has 4 nitrogen and oxygen atoms in total. The number of carboxylic acid groups (broad SMARTS) is 1. The molecule has 1 aromatic carbocycles. The molecule has 0 amide bonds. The molecule has 1 aliphatic heterocycles. The van der Waals surface area contributed by atoms with Crippen LogP contribution in [0.2, 0.25) is 0 Å². The van der Waals surface area contributed by atoms with Gasteiger partial charge in [0.05, 0.1) is 12.6 Å². The standard InChI is InChI=1S/C14H19NO3/c16-13-7-4-8-15(10-14(17)18)12(13)9-11-5-2-1-3-6-11/h1-3,5-6,12-13,16H,4,7-10H2,(H,17,18)/t12-,13-/m0/s1. The zero-order valence-electron chi connectivity index (χ0n) is 10.3. The van der Waals surface area contributed by atoms with E-state index in [1.54, 1.807) is 0 Å². The van der Waals surface area contributed by atoms with Crippen molar-refractivity contribution >= 4 is 5.97 Å². The van der Waals surface area contributed by atoms with Gasteiger partial charge in [0.15, 0.2) is 0 Å². The van der Waals surface area contributed by atoms with Gasteiger partial charge < -0.3 is 10.2 Å². The van der Waals surface area contributed by atoms with Gasteiger partial charge in [-0.2, -0.15) is 0 Å². The van der Waals surface area contributed by atoms with Crippen LogP contribution in [0.5, 0.6) is 0 Å². The molecule has 1 heterocycles. The molecule has 0 aliphatic carbocycles. The SMILES string of the molecule is O=C(O)CN1CCC[C@H](O)[C@@H]1Cc1ccccc1. The average Bonchev–Trinajstić information content (AvgIpc) is 2.34. The Bertz CT molecular complexity index is 393. The van der Waals surface area contributed by atoms with Crippen molar-refractivity contribution in [2.45, 2.75) is 31.4 Å². The van der Waals surface area contributed by atoms with Gasteiger partial charge in [0.2, 0.25) is 0 Å². The van der Waals surface area contributed by atoms with Crippen LogP contribution in [-0.4, -0.2) is 46.3 Å². The number of aliphatic carboxylic acids is 1. The molecule has 18 heavy (non-hydrogen) atoms. The van der Waals surface area contributed by atoms with E-state index in [0.717, 1.165) is 24.9 Å². The van der Waals surface area contributed by atoms with Gasteiger partial charge >= 0.3 is 5.97 Å². The lowest BCUT2D eigenvalue weighted by atomic mass is 9.93. The summed E-state index contributed by atoms with van der Waals surface area (Å²) in [7, 11) is 0. The predicted molar refractivity (Wildman–Crippen MR) is 68.4 cm³/mol. The summed E-state index contributed by atoms with van der Waals surface area (Å²) >= 11 is 0. The third kappa shape index (κ3) is 3.31. The highest BCUT2D eigenvalue weighted by Crippen LogP contribution is 2.21. The molecule has 0 aromatic heterocycles. The summed E-state index contributed by atoms with van der Waals surface area (Å²) in [5.74, 6) is -0.831. The smallest absolute Gasteiger partial charge is 0.317 e. The van der Waals surface area contributed by atoms with E-state index >= 15 is 0 Å². The third-order valence-electron chi connectivity index (χ3n) is 3.48. The Kier molecular flexibility index (Phi) is 4.33. The van der Waals surface area contributed by atoms with E-state index in [4.69, 9.17) is 5.11 Å². The minimum Gasteiger partial charge on any atom is -0.480 e. The first-order valence-corrected chi connectivity index (χ1v) is 6.34. The van der Waals surface area contributed by atoms with Gasteiger partial charge in [-0.3, -0.25) is 9.69 Å². The fraction of sp³-hybridized carbons (Fsp3) is 0.500. The number of nitrogens with zero attached hydrogens (tertiary/aromatic N) is 1. The van der Waals surface area contributed by atoms with Crippen molar-refractivity contribution in [3.05, 3.63) is 35.9 Å². The molecular formula is C14H19NO3. The fourth-order valence-electron chi connectivity index (χ4n) is 2.60. The van der Waals surface area contributed by atoms with Crippen molar-refractivity contribution < 1.29 is 15.0 Å². The zero-order valence-corrected chi connectivity index (χ0v) is 10.3. The van der Waals surface area contributed by atoms with Crippen LogP contribution in [0.15, 0.2) is 30.3 Å². The van der Waals surface area contributed by atoms with E-state index < -0.39 is 12.1 Å². The van der Waals surface area contributed by atoms with Crippen LogP contribution in [0.1, 0.15) is 18.4 Å². The van der Waals surface area contributed by atoms with E-state index in [1.807, 2.05) is 35.2 Å². The molecule has 0 radical (unpaired) electrons. The average molecular weight is 249 g/mol. The number of carboxylic acids is 1. The summed E-state index contributed by atoms with van der Waals surface area (Å²) in [5.41, 5.74) is 1.14. The van der Waals surface area contributed by atoms with Crippen molar-refractivity contribution in [1.82, 2.24) is 4.90 Å². The Morgan fingerprint density at radius 1 is 1.33 bits per heavy atom. The van der Waals surface area contributed by atoms with Gasteiger partial charge in [0.1, 0.15) is 0 Å². The maximum Gasteiger partial charge on any atom is 0.317 e. The number of likely N-dealkylation sites (tertiary alicyclic amines) is 1. The van der Waals surface area contributed by atoms with Crippen LogP contribution in [0.25, 0.3) is 0 Å². The molecule has 2 N–H and O–H groups in total. The predicted octanol–water partition coefficient (Wildman–Crippen LogP) is 1.14. The number of carbonyl (C=O) groups is 1. The van der Waals surface area contributed by atoms with E-state index in [2.05, 4.69) is 0 Å². The van der Waals surface area contributed by atoms with E-state index in [9.17, 15) is 9.90 Å². The molecule has 0 saturated carbocycles. The van der Waals surface area contributed by atoms with Crippen LogP contribution in [0.4, 0.5) is 0 Å². The van der Waals surface area contributed by atoms with E-state index in [-0.39, 0.29) is 12.6 Å². The molecule has 98 valence electrons. The molecule has 1 aliphatic rings. The van der Waals surface area contributed by atoms with Crippen LogP contribution >= 0.6 is 0 Å². The minimum absolute atomic E-state index is 0.00849. The lowest BCUT2D eigenvalue weighted by Gasteiger charge is -2.38. The first-order chi connectivity index (χ1) is 8.66. The second-order valence-corrected chi connectivity index (χ2v) is 4.83. The highest BCUT2D eigenvalue weighted by molar-refractivity contribution is 5.69. The number of aliphatic hydroxyl groups excluding tert-OH is 1. The molecule has 0 bridgehead atoms. The highest BCUT2D eigenvalue weighted by atomic mass is 16.4. The van der Waals surface area contributed by atoms with Crippen LogP contribution in [0.3, 0.4) is 0 Å². The first kappa shape index (κ1) is 13.1. The topological polar surface area (TPSA) is 60.8 Å². The molecule has 2 atom stereocenters. The van der Waals surface area contributed by atoms with Crippen molar-refractivity contribution in [1.29, 1.82) is 0 Å². The van der Waals surface area contributed by atoms with Gasteiger partial charge in [-0.1, -0.05) is 30.3 Å².